The van der Waals surface area contributed by atoms with E-state index in [4.69, 9.17) is 9.84 Å². The molecule has 0 aromatic heterocycles. The van der Waals surface area contributed by atoms with Crippen molar-refractivity contribution >= 4 is 29.6 Å². The van der Waals surface area contributed by atoms with Crippen molar-refractivity contribution in [1.82, 2.24) is 20.9 Å². The SMILES string of the molecule is O=C(O)N[C@H]1CCOC[C@H]1NC(=O)CNC(=O)c1cc(C(F)(F)F)ccc1NC(=O)N1CCC1. The minimum Gasteiger partial charge on any atom is -0.465 e. The first-order chi connectivity index (χ1) is 16.0. The smallest absolute Gasteiger partial charge is 0.416 e. The number of amides is 5. The van der Waals surface area contributed by atoms with Gasteiger partial charge in [-0.3, -0.25) is 9.59 Å². The van der Waals surface area contributed by atoms with Crippen LogP contribution in [0.2, 0.25) is 0 Å². The number of nitrogens with one attached hydrogen (secondary N) is 4. The number of carboxylic acid groups (broad SMARTS) is 1. The standard InChI is InChI=1S/C20H24F3N5O6/c21-20(22,23)11-2-3-13(26-18(31)28-5-1-6-28)12(8-11)17(30)24-9-16(29)25-15-10-34-7-4-14(15)27-19(32)33/h2-3,8,14-15,27H,1,4-7,9-10H2,(H,24,30)(H,25,29)(H,26,31)(H,32,33)/t14-,15+/m0/s1. The van der Waals surface area contributed by atoms with Crippen molar-refractivity contribution in [1.29, 1.82) is 0 Å². The zero-order valence-corrected chi connectivity index (χ0v) is 17.9. The second-order valence-corrected chi connectivity index (χ2v) is 7.81. The van der Waals surface area contributed by atoms with Crippen LogP contribution < -0.4 is 21.3 Å². The maximum Gasteiger partial charge on any atom is 0.416 e. The van der Waals surface area contributed by atoms with E-state index in [2.05, 4.69) is 21.3 Å². The first kappa shape index (κ1) is 25.1. The van der Waals surface area contributed by atoms with Crippen LogP contribution in [-0.4, -0.2) is 78.9 Å². The summed E-state index contributed by atoms with van der Waals surface area (Å²) in [6.07, 6.45) is -4.86. The van der Waals surface area contributed by atoms with E-state index in [-0.39, 0.29) is 12.3 Å². The molecule has 0 unspecified atom stereocenters. The third kappa shape index (κ3) is 6.50. The van der Waals surface area contributed by atoms with E-state index in [1.807, 2.05) is 0 Å². The van der Waals surface area contributed by atoms with Gasteiger partial charge in [0.15, 0.2) is 0 Å². The average Bonchev–Trinajstić information content (AvgIpc) is 2.71. The van der Waals surface area contributed by atoms with Gasteiger partial charge in [-0.25, -0.2) is 9.59 Å². The van der Waals surface area contributed by atoms with Gasteiger partial charge in [0, 0.05) is 19.7 Å². The number of hydrogen-bond donors (Lipinski definition) is 5. The van der Waals surface area contributed by atoms with Crippen molar-refractivity contribution in [3.8, 4) is 0 Å². The van der Waals surface area contributed by atoms with Gasteiger partial charge in [-0.2, -0.15) is 13.2 Å². The van der Waals surface area contributed by atoms with Gasteiger partial charge in [0.05, 0.1) is 42.0 Å². The van der Waals surface area contributed by atoms with Crippen molar-refractivity contribution in [3.05, 3.63) is 29.3 Å². The van der Waals surface area contributed by atoms with E-state index < -0.39 is 59.9 Å². The predicted octanol–water partition coefficient (Wildman–Crippen LogP) is 1.21. The van der Waals surface area contributed by atoms with E-state index in [0.717, 1.165) is 18.6 Å². The number of rotatable bonds is 6. The predicted molar refractivity (Wildman–Crippen MR) is 111 cm³/mol. The second-order valence-electron chi connectivity index (χ2n) is 7.81. The Balaban J connectivity index is 1.66. The number of ether oxygens (including phenoxy) is 1. The number of carbonyl (C=O) groups is 4. The molecule has 2 fully saturated rings. The molecule has 0 saturated carbocycles. The maximum absolute atomic E-state index is 13.2. The molecule has 1 aromatic carbocycles. The molecule has 11 nitrogen and oxygen atoms in total. The van der Waals surface area contributed by atoms with E-state index in [1.54, 1.807) is 0 Å². The third-order valence-electron chi connectivity index (χ3n) is 5.40. The van der Waals surface area contributed by atoms with E-state index in [9.17, 15) is 32.3 Å². The fourth-order valence-corrected chi connectivity index (χ4v) is 3.46. The van der Waals surface area contributed by atoms with Crippen molar-refractivity contribution in [2.45, 2.75) is 31.1 Å². The number of anilines is 1. The summed E-state index contributed by atoms with van der Waals surface area (Å²) in [5.74, 6) is -1.69. The Bertz CT molecular complexity index is 953. The summed E-state index contributed by atoms with van der Waals surface area (Å²) in [5, 5.41) is 18.4. The highest BCUT2D eigenvalue weighted by atomic mass is 19.4. The van der Waals surface area contributed by atoms with Crippen LogP contribution >= 0.6 is 0 Å². The van der Waals surface area contributed by atoms with Crippen LogP contribution in [0.15, 0.2) is 18.2 Å². The number of urea groups is 1. The first-order valence-electron chi connectivity index (χ1n) is 10.5. The molecule has 34 heavy (non-hydrogen) atoms. The van der Waals surface area contributed by atoms with Crippen LogP contribution in [-0.2, 0) is 15.7 Å². The lowest BCUT2D eigenvalue weighted by Gasteiger charge is -2.32. The summed E-state index contributed by atoms with van der Waals surface area (Å²) in [5.41, 5.74) is -1.68. The highest BCUT2D eigenvalue weighted by Crippen LogP contribution is 2.32. The van der Waals surface area contributed by atoms with Crippen LogP contribution in [0, 0.1) is 0 Å². The average molecular weight is 487 g/mol. The van der Waals surface area contributed by atoms with Crippen molar-refractivity contribution < 1.29 is 42.2 Å². The van der Waals surface area contributed by atoms with Crippen LogP contribution in [0.1, 0.15) is 28.8 Å². The van der Waals surface area contributed by atoms with Crippen LogP contribution in [0.25, 0.3) is 0 Å². The fraction of sp³-hybridized carbons (Fsp3) is 0.500. The first-order valence-corrected chi connectivity index (χ1v) is 10.5. The zero-order valence-electron chi connectivity index (χ0n) is 17.9. The number of halogens is 3. The highest BCUT2D eigenvalue weighted by molar-refractivity contribution is 6.04. The Labute approximate surface area is 192 Å². The molecule has 14 heteroatoms. The van der Waals surface area contributed by atoms with Gasteiger partial charge in [-0.05, 0) is 31.0 Å². The lowest BCUT2D eigenvalue weighted by molar-refractivity contribution is -0.137. The quantitative estimate of drug-likeness (QED) is 0.407. The molecule has 1 aromatic rings. The minimum absolute atomic E-state index is 0.0466. The summed E-state index contributed by atoms with van der Waals surface area (Å²) in [7, 11) is 0. The molecule has 0 bridgehead atoms. The monoisotopic (exact) mass is 487 g/mol. The van der Waals surface area contributed by atoms with Gasteiger partial charge in [-0.1, -0.05) is 0 Å². The molecule has 0 aliphatic carbocycles. The van der Waals surface area contributed by atoms with Crippen LogP contribution in [0.5, 0.6) is 0 Å². The highest BCUT2D eigenvalue weighted by Gasteiger charge is 2.33. The molecule has 0 radical (unpaired) electrons. The molecule has 2 heterocycles. The summed E-state index contributed by atoms with van der Waals surface area (Å²) in [6, 6.07) is 0.491. The Morgan fingerprint density at radius 1 is 1.12 bits per heavy atom. The number of carbonyl (C=O) groups excluding carboxylic acids is 3. The van der Waals surface area contributed by atoms with Gasteiger partial charge in [0.2, 0.25) is 5.91 Å². The van der Waals surface area contributed by atoms with Gasteiger partial charge >= 0.3 is 18.3 Å². The van der Waals surface area contributed by atoms with Crippen molar-refractivity contribution in [2.24, 2.45) is 0 Å². The molecular weight excluding hydrogens is 463 g/mol. The number of hydrogen-bond acceptors (Lipinski definition) is 5. The molecule has 0 spiro atoms. The number of alkyl halides is 3. The van der Waals surface area contributed by atoms with Crippen LogP contribution in [0.3, 0.4) is 0 Å². The molecule has 186 valence electrons. The van der Waals surface area contributed by atoms with Gasteiger partial charge in [-0.15, -0.1) is 0 Å². The van der Waals surface area contributed by atoms with Gasteiger partial charge < -0.3 is 36.0 Å². The molecular formula is C20H24F3N5O6. The maximum atomic E-state index is 13.2. The second kappa shape index (κ2) is 10.6. The van der Waals surface area contributed by atoms with E-state index in [1.165, 1.54) is 4.90 Å². The Hall–Kier alpha value is -3.55. The lowest BCUT2D eigenvalue weighted by Crippen LogP contribution is -2.57. The molecule has 2 aliphatic heterocycles. The van der Waals surface area contributed by atoms with Crippen LogP contribution in [0.4, 0.5) is 28.4 Å². The summed E-state index contributed by atoms with van der Waals surface area (Å²) < 4.78 is 44.7. The van der Waals surface area contributed by atoms with E-state index >= 15 is 0 Å². The van der Waals surface area contributed by atoms with E-state index in [0.29, 0.717) is 32.2 Å². The van der Waals surface area contributed by atoms with Gasteiger partial charge in [0.1, 0.15) is 0 Å². The summed E-state index contributed by atoms with van der Waals surface area (Å²) >= 11 is 0. The molecule has 2 atom stereocenters. The zero-order chi connectivity index (χ0) is 24.9. The molecule has 3 rings (SSSR count). The Morgan fingerprint density at radius 3 is 2.47 bits per heavy atom. The third-order valence-corrected chi connectivity index (χ3v) is 5.40. The number of likely N-dealkylation sites (tertiary alicyclic amines) is 1. The molecule has 2 aliphatic rings. The number of nitrogens with zero attached hydrogens (tertiary/aromatic N) is 1. The normalized spacial score (nSPS) is 20.0. The number of benzene rings is 1. The Morgan fingerprint density at radius 2 is 1.85 bits per heavy atom. The molecule has 2 saturated heterocycles. The van der Waals surface area contributed by atoms with Crippen molar-refractivity contribution in [2.75, 3.05) is 38.2 Å². The minimum atomic E-state index is -4.72. The summed E-state index contributed by atoms with van der Waals surface area (Å²) in [4.78, 5) is 49.5. The van der Waals surface area contributed by atoms with Gasteiger partial charge in [0.25, 0.3) is 5.91 Å². The fourth-order valence-electron chi connectivity index (χ4n) is 3.46. The molecule has 5 amide bonds. The molecule has 5 N–H and O–H groups in total. The Kier molecular flexibility index (Phi) is 7.81. The topological polar surface area (TPSA) is 149 Å². The lowest BCUT2D eigenvalue weighted by atomic mass is 10.0. The largest absolute Gasteiger partial charge is 0.465 e. The summed E-state index contributed by atoms with van der Waals surface area (Å²) in [6.45, 7) is 0.749. The van der Waals surface area contributed by atoms with Crippen molar-refractivity contribution in [3.63, 3.8) is 0 Å².